The van der Waals surface area contributed by atoms with Gasteiger partial charge in [-0.05, 0) is 50.5 Å². The first kappa shape index (κ1) is 16.8. The van der Waals surface area contributed by atoms with Gasteiger partial charge < -0.3 is 10.2 Å². The van der Waals surface area contributed by atoms with Crippen molar-refractivity contribution in [1.29, 1.82) is 0 Å². The monoisotopic (exact) mass is 357 g/mol. The van der Waals surface area contributed by atoms with E-state index in [9.17, 15) is 4.79 Å². The van der Waals surface area contributed by atoms with E-state index in [1.807, 2.05) is 41.3 Å². The van der Waals surface area contributed by atoms with Crippen molar-refractivity contribution in [1.82, 2.24) is 15.1 Å². The molecule has 132 valence electrons. The maximum absolute atomic E-state index is 13.3. The van der Waals surface area contributed by atoms with Gasteiger partial charge in [-0.1, -0.05) is 35.9 Å². The van der Waals surface area contributed by atoms with Crippen molar-refractivity contribution < 1.29 is 4.79 Å². The second-order valence-corrected chi connectivity index (χ2v) is 7.67. The molecule has 2 heterocycles. The lowest BCUT2D eigenvalue weighted by Crippen LogP contribution is -2.64. The van der Waals surface area contributed by atoms with E-state index in [0.717, 1.165) is 61.9 Å². The zero-order valence-corrected chi connectivity index (χ0v) is 15.4. The highest BCUT2D eigenvalue weighted by molar-refractivity contribution is 6.36. The van der Waals surface area contributed by atoms with E-state index in [-0.39, 0.29) is 11.4 Å². The van der Waals surface area contributed by atoms with Gasteiger partial charge in [-0.25, -0.2) is 0 Å². The minimum absolute atomic E-state index is 0.112. The molecular formula is C20H24ClN3O. The molecule has 0 bridgehead atoms. The first-order valence-electron chi connectivity index (χ1n) is 8.99. The van der Waals surface area contributed by atoms with Crippen molar-refractivity contribution in [2.45, 2.75) is 18.4 Å². The summed E-state index contributed by atoms with van der Waals surface area (Å²) in [5, 5.41) is 6.02. The molecule has 2 saturated heterocycles. The fourth-order valence-electron chi connectivity index (χ4n) is 4.30. The van der Waals surface area contributed by atoms with Crippen LogP contribution >= 0.6 is 11.6 Å². The largest absolute Gasteiger partial charge is 0.335 e. The van der Waals surface area contributed by atoms with Crippen LogP contribution < -0.4 is 5.32 Å². The first-order chi connectivity index (χ1) is 12.1. The molecule has 0 unspecified atom stereocenters. The molecule has 2 aromatic carbocycles. The molecule has 1 N–H and O–H groups in total. The van der Waals surface area contributed by atoms with Crippen molar-refractivity contribution in [3.63, 3.8) is 0 Å². The highest BCUT2D eigenvalue weighted by atomic mass is 35.5. The second kappa shape index (κ2) is 6.60. The Morgan fingerprint density at radius 1 is 1.08 bits per heavy atom. The summed E-state index contributed by atoms with van der Waals surface area (Å²) in [5.74, 6) is 0.124. The van der Waals surface area contributed by atoms with Crippen LogP contribution in [-0.2, 0) is 0 Å². The molecule has 2 fully saturated rings. The van der Waals surface area contributed by atoms with Gasteiger partial charge in [-0.3, -0.25) is 9.69 Å². The Bertz CT molecular complexity index is 801. The van der Waals surface area contributed by atoms with Gasteiger partial charge in [0.2, 0.25) is 0 Å². The molecule has 0 saturated carbocycles. The van der Waals surface area contributed by atoms with Crippen LogP contribution in [0.5, 0.6) is 0 Å². The number of carbonyl (C=O) groups is 1. The van der Waals surface area contributed by atoms with E-state index >= 15 is 0 Å². The normalized spacial score (nSPS) is 21.0. The molecule has 4 rings (SSSR count). The summed E-state index contributed by atoms with van der Waals surface area (Å²) in [6, 6.07) is 11.6. The van der Waals surface area contributed by atoms with Crippen LogP contribution in [0.3, 0.4) is 0 Å². The van der Waals surface area contributed by atoms with Crippen molar-refractivity contribution in [2.75, 3.05) is 39.8 Å². The number of piperidine rings is 1. The molecule has 0 aromatic heterocycles. The van der Waals surface area contributed by atoms with E-state index in [1.54, 1.807) is 0 Å². The number of fused-ring (bicyclic) bond motifs is 1. The highest BCUT2D eigenvalue weighted by Gasteiger charge is 2.42. The van der Waals surface area contributed by atoms with Gasteiger partial charge in [0.15, 0.2) is 0 Å². The summed E-state index contributed by atoms with van der Waals surface area (Å²) in [6.45, 7) is 4.56. The predicted octanol–water partition coefficient (Wildman–Crippen LogP) is 3.00. The molecular weight excluding hydrogens is 334 g/mol. The van der Waals surface area contributed by atoms with Crippen LogP contribution in [0, 0.1) is 0 Å². The Balaban J connectivity index is 1.66. The number of nitrogens with zero attached hydrogens (tertiary/aromatic N) is 2. The minimum atomic E-state index is 0.112. The Labute approximate surface area is 153 Å². The average molecular weight is 358 g/mol. The lowest BCUT2D eigenvalue weighted by atomic mass is 9.84. The molecule has 0 radical (unpaired) electrons. The Morgan fingerprint density at radius 2 is 1.80 bits per heavy atom. The molecule has 0 aliphatic carbocycles. The van der Waals surface area contributed by atoms with Crippen molar-refractivity contribution in [3.05, 3.63) is 47.0 Å². The first-order valence-corrected chi connectivity index (χ1v) is 9.37. The Morgan fingerprint density at radius 3 is 2.60 bits per heavy atom. The third kappa shape index (κ3) is 2.92. The molecule has 2 aliphatic rings. The summed E-state index contributed by atoms with van der Waals surface area (Å²) < 4.78 is 0. The Hall–Kier alpha value is -1.62. The third-order valence-corrected chi connectivity index (χ3v) is 6.25. The number of hydrogen-bond donors (Lipinski definition) is 1. The Kier molecular flexibility index (Phi) is 4.44. The molecule has 5 heteroatoms. The molecule has 2 aliphatic heterocycles. The smallest absolute Gasteiger partial charge is 0.254 e. The van der Waals surface area contributed by atoms with Gasteiger partial charge in [0.05, 0.1) is 0 Å². The maximum atomic E-state index is 13.3. The van der Waals surface area contributed by atoms with Crippen LogP contribution in [0.15, 0.2) is 36.4 Å². The standard InChI is InChI=1S/C20H24ClN3O/c1-23-12-13-24(14-20(23)8-10-22-11-9-20)19(25)17-6-2-5-16-15(17)4-3-7-18(16)21/h2-7,22H,8-14H2,1H3. The van der Waals surface area contributed by atoms with Crippen LogP contribution in [0.25, 0.3) is 10.8 Å². The van der Waals surface area contributed by atoms with Gasteiger partial charge in [-0.15, -0.1) is 0 Å². The number of nitrogens with one attached hydrogen (secondary N) is 1. The average Bonchev–Trinajstić information content (AvgIpc) is 2.64. The van der Waals surface area contributed by atoms with E-state index in [2.05, 4.69) is 17.3 Å². The number of benzene rings is 2. The molecule has 0 atom stereocenters. The lowest BCUT2D eigenvalue weighted by Gasteiger charge is -2.51. The number of rotatable bonds is 1. The molecule has 1 amide bonds. The van der Waals surface area contributed by atoms with E-state index in [1.165, 1.54) is 0 Å². The van der Waals surface area contributed by atoms with Crippen molar-refractivity contribution in [3.8, 4) is 0 Å². The summed E-state index contributed by atoms with van der Waals surface area (Å²) in [4.78, 5) is 17.8. The van der Waals surface area contributed by atoms with Crippen molar-refractivity contribution in [2.24, 2.45) is 0 Å². The summed E-state index contributed by atoms with van der Waals surface area (Å²) in [7, 11) is 2.20. The number of hydrogen-bond acceptors (Lipinski definition) is 3. The highest BCUT2D eigenvalue weighted by Crippen LogP contribution is 2.31. The van der Waals surface area contributed by atoms with Gasteiger partial charge >= 0.3 is 0 Å². The summed E-state index contributed by atoms with van der Waals surface area (Å²) in [6.07, 6.45) is 2.18. The lowest BCUT2D eigenvalue weighted by molar-refractivity contribution is -0.000890. The molecule has 2 aromatic rings. The zero-order valence-electron chi connectivity index (χ0n) is 14.6. The number of likely N-dealkylation sites (N-methyl/N-ethyl adjacent to an activating group) is 1. The van der Waals surface area contributed by atoms with E-state index in [4.69, 9.17) is 11.6 Å². The van der Waals surface area contributed by atoms with Gasteiger partial charge in [-0.2, -0.15) is 0 Å². The third-order valence-electron chi connectivity index (χ3n) is 5.92. The van der Waals surface area contributed by atoms with Crippen LogP contribution in [0.4, 0.5) is 0 Å². The van der Waals surface area contributed by atoms with Gasteiger partial charge in [0.1, 0.15) is 0 Å². The fraction of sp³-hybridized carbons (Fsp3) is 0.450. The quantitative estimate of drug-likeness (QED) is 0.852. The van der Waals surface area contributed by atoms with E-state index in [0.29, 0.717) is 5.02 Å². The molecule has 25 heavy (non-hydrogen) atoms. The van der Waals surface area contributed by atoms with Gasteiger partial charge in [0.25, 0.3) is 5.91 Å². The number of carbonyl (C=O) groups excluding carboxylic acids is 1. The number of halogens is 1. The topological polar surface area (TPSA) is 35.6 Å². The summed E-state index contributed by atoms with van der Waals surface area (Å²) in [5.41, 5.74) is 0.870. The summed E-state index contributed by atoms with van der Waals surface area (Å²) >= 11 is 6.32. The minimum Gasteiger partial charge on any atom is -0.335 e. The fourth-order valence-corrected chi connectivity index (χ4v) is 4.53. The number of piperazine rings is 1. The van der Waals surface area contributed by atoms with E-state index < -0.39 is 0 Å². The zero-order chi connectivity index (χ0) is 17.4. The second-order valence-electron chi connectivity index (χ2n) is 7.26. The maximum Gasteiger partial charge on any atom is 0.254 e. The van der Waals surface area contributed by atoms with Crippen LogP contribution in [0.1, 0.15) is 23.2 Å². The molecule has 1 spiro atoms. The van der Waals surface area contributed by atoms with Gasteiger partial charge in [0, 0.05) is 41.1 Å². The predicted molar refractivity (Wildman–Crippen MR) is 102 cm³/mol. The number of amides is 1. The SMILES string of the molecule is CN1CCN(C(=O)c2cccc3c(Cl)cccc23)CC12CCNCC2. The van der Waals surface area contributed by atoms with Crippen LogP contribution in [-0.4, -0.2) is 61.0 Å². The molecule has 4 nitrogen and oxygen atoms in total. The van der Waals surface area contributed by atoms with Crippen LogP contribution in [0.2, 0.25) is 5.02 Å². The van der Waals surface area contributed by atoms with Crippen molar-refractivity contribution >= 4 is 28.3 Å².